The molecule has 15 heavy (non-hydrogen) atoms. The van der Waals surface area contributed by atoms with Crippen molar-refractivity contribution in [3.05, 3.63) is 0 Å². The molecule has 0 amide bonds. The smallest absolute Gasteiger partial charge is 0.0645 e. The number of ether oxygens (including phenoxy) is 1. The van der Waals surface area contributed by atoms with Gasteiger partial charge in [-0.15, -0.1) is 0 Å². The summed E-state index contributed by atoms with van der Waals surface area (Å²) in [5.41, 5.74) is 6.19. The molecule has 3 N–H and O–H groups in total. The minimum Gasteiger partial charge on any atom is -0.380 e. The van der Waals surface area contributed by atoms with Crippen LogP contribution in [0, 0.1) is 5.92 Å². The van der Waals surface area contributed by atoms with Crippen molar-refractivity contribution in [1.82, 2.24) is 5.32 Å². The first-order valence-corrected chi connectivity index (χ1v) is 6.10. The molecule has 1 heterocycles. The molecule has 0 aromatic rings. The van der Waals surface area contributed by atoms with Gasteiger partial charge in [0.15, 0.2) is 0 Å². The highest BCUT2D eigenvalue weighted by Crippen LogP contribution is 2.18. The quantitative estimate of drug-likeness (QED) is 0.729. The molecule has 0 aromatic heterocycles. The summed E-state index contributed by atoms with van der Waals surface area (Å²) in [6, 6.07) is 0.267. The van der Waals surface area contributed by atoms with Crippen molar-refractivity contribution in [2.75, 3.05) is 19.8 Å². The summed E-state index contributed by atoms with van der Waals surface area (Å²) < 4.78 is 5.50. The van der Waals surface area contributed by atoms with Gasteiger partial charge in [-0.2, -0.15) is 0 Å². The SMILES string of the molecule is CC(C)CC(N)CNC1(C)CCCOC1. The summed E-state index contributed by atoms with van der Waals surface area (Å²) in [5, 5.41) is 3.55. The summed E-state index contributed by atoms with van der Waals surface area (Å²) in [7, 11) is 0. The first-order valence-electron chi connectivity index (χ1n) is 6.10. The maximum absolute atomic E-state index is 6.05. The van der Waals surface area contributed by atoms with E-state index >= 15 is 0 Å². The molecule has 1 rings (SSSR count). The van der Waals surface area contributed by atoms with Crippen molar-refractivity contribution < 1.29 is 4.74 Å². The monoisotopic (exact) mass is 214 g/mol. The lowest BCUT2D eigenvalue weighted by Crippen LogP contribution is -2.52. The maximum Gasteiger partial charge on any atom is 0.0645 e. The Bertz CT molecular complexity index is 176. The van der Waals surface area contributed by atoms with Crippen LogP contribution in [-0.4, -0.2) is 31.3 Å². The average molecular weight is 214 g/mol. The van der Waals surface area contributed by atoms with Gasteiger partial charge in [0.2, 0.25) is 0 Å². The molecule has 1 saturated heterocycles. The van der Waals surface area contributed by atoms with Crippen molar-refractivity contribution in [3.8, 4) is 0 Å². The molecule has 0 saturated carbocycles. The fraction of sp³-hybridized carbons (Fsp3) is 1.00. The molecule has 0 radical (unpaired) electrons. The van der Waals surface area contributed by atoms with Crippen LogP contribution < -0.4 is 11.1 Å². The Kier molecular flexibility index (Phi) is 5.03. The van der Waals surface area contributed by atoms with Crippen molar-refractivity contribution in [2.24, 2.45) is 11.7 Å². The molecule has 3 heteroatoms. The zero-order valence-electron chi connectivity index (χ0n) is 10.4. The summed E-state index contributed by atoms with van der Waals surface area (Å²) in [6.07, 6.45) is 3.44. The molecule has 1 aliphatic rings. The largest absolute Gasteiger partial charge is 0.380 e. The fourth-order valence-electron chi connectivity index (χ4n) is 2.14. The van der Waals surface area contributed by atoms with Crippen LogP contribution in [0.15, 0.2) is 0 Å². The van der Waals surface area contributed by atoms with Gasteiger partial charge in [-0.3, -0.25) is 0 Å². The lowest BCUT2D eigenvalue weighted by Gasteiger charge is -2.35. The molecule has 0 aromatic carbocycles. The molecular weight excluding hydrogens is 188 g/mol. The minimum absolute atomic E-state index is 0.146. The van der Waals surface area contributed by atoms with Gasteiger partial charge in [0.1, 0.15) is 0 Å². The third-order valence-corrected chi connectivity index (χ3v) is 3.00. The Labute approximate surface area is 93.8 Å². The lowest BCUT2D eigenvalue weighted by atomic mass is 9.94. The lowest BCUT2D eigenvalue weighted by molar-refractivity contribution is 0.0279. The van der Waals surface area contributed by atoms with E-state index in [9.17, 15) is 0 Å². The van der Waals surface area contributed by atoms with Crippen LogP contribution in [-0.2, 0) is 4.74 Å². The van der Waals surface area contributed by atoms with E-state index in [1.165, 1.54) is 6.42 Å². The number of hydrogen-bond donors (Lipinski definition) is 2. The van der Waals surface area contributed by atoms with Gasteiger partial charge in [-0.1, -0.05) is 13.8 Å². The third kappa shape index (κ3) is 4.96. The van der Waals surface area contributed by atoms with Crippen LogP contribution in [0.3, 0.4) is 0 Å². The van der Waals surface area contributed by atoms with Crippen molar-refractivity contribution in [3.63, 3.8) is 0 Å². The van der Waals surface area contributed by atoms with Crippen molar-refractivity contribution >= 4 is 0 Å². The number of nitrogens with one attached hydrogen (secondary N) is 1. The summed E-state index contributed by atoms with van der Waals surface area (Å²) in [5.74, 6) is 0.678. The van der Waals surface area contributed by atoms with E-state index in [1.54, 1.807) is 0 Å². The predicted molar refractivity (Wildman–Crippen MR) is 63.9 cm³/mol. The predicted octanol–water partition coefficient (Wildman–Crippen LogP) is 1.52. The minimum atomic E-state index is 0.146. The Hall–Kier alpha value is -0.120. The van der Waals surface area contributed by atoms with E-state index in [4.69, 9.17) is 10.5 Å². The Morgan fingerprint density at radius 1 is 1.47 bits per heavy atom. The average Bonchev–Trinajstić information content (AvgIpc) is 2.15. The summed E-state index contributed by atoms with van der Waals surface area (Å²) in [4.78, 5) is 0. The van der Waals surface area contributed by atoms with Crippen molar-refractivity contribution in [2.45, 2.75) is 51.6 Å². The Balaban J connectivity index is 2.22. The summed E-state index contributed by atoms with van der Waals surface area (Å²) in [6.45, 7) is 9.29. The van der Waals surface area contributed by atoms with Crippen LogP contribution in [0.5, 0.6) is 0 Å². The van der Waals surface area contributed by atoms with Gasteiger partial charge in [-0.25, -0.2) is 0 Å². The highest BCUT2D eigenvalue weighted by atomic mass is 16.5. The van der Waals surface area contributed by atoms with Gasteiger partial charge < -0.3 is 15.8 Å². The maximum atomic E-state index is 6.05. The Morgan fingerprint density at radius 3 is 2.73 bits per heavy atom. The van der Waals surface area contributed by atoms with E-state index in [2.05, 4.69) is 26.1 Å². The molecular formula is C12H26N2O. The van der Waals surface area contributed by atoms with E-state index in [1.807, 2.05) is 0 Å². The molecule has 2 unspecified atom stereocenters. The second-order valence-corrected chi connectivity index (χ2v) is 5.49. The molecule has 90 valence electrons. The molecule has 0 bridgehead atoms. The van der Waals surface area contributed by atoms with Crippen LogP contribution in [0.4, 0.5) is 0 Å². The molecule has 3 nitrogen and oxygen atoms in total. The van der Waals surface area contributed by atoms with E-state index in [0.29, 0.717) is 5.92 Å². The normalized spacial score (nSPS) is 29.4. The van der Waals surface area contributed by atoms with Crippen LogP contribution in [0.25, 0.3) is 0 Å². The first kappa shape index (κ1) is 12.9. The number of hydrogen-bond acceptors (Lipinski definition) is 3. The van der Waals surface area contributed by atoms with Gasteiger partial charge >= 0.3 is 0 Å². The fourth-order valence-corrected chi connectivity index (χ4v) is 2.14. The third-order valence-electron chi connectivity index (χ3n) is 3.00. The van der Waals surface area contributed by atoms with Crippen molar-refractivity contribution in [1.29, 1.82) is 0 Å². The zero-order valence-corrected chi connectivity index (χ0v) is 10.4. The second-order valence-electron chi connectivity index (χ2n) is 5.49. The van der Waals surface area contributed by atoms with Gasteiger partial charge in [0.05, 0.1) is 6.61 Å². The standard InChI is InChI=1S/C12H26N2O/c1-10(2)7-11(13)8-14-12(3)5-4-6-15-9-12/h10-11,14H,4-9,13H2,1-3H3. The number of nitrogens with two attached hydrogens (primary N) is 1. The van der Waals surface area contributed by atoms with Gasteiger partial charge in [0.25, 0.3) is 0 Å². The van der Waals surface area contributed by atoms with Crippen LogP contribution in [0.2, 0.25) is 0 Å². The highest BCUT2D eigenvalue weighted by molar-refractivity contribution is 4.86. The Morgan fingerprint density at radius 2 is 2.20 bits per heavy atom. The molecule has 0 aliphatic carbocycles. The van der Waals surface area contributed by atoms with Gasteiger partial charge in [-0.05, 0) is 32.1 Å². The first-order chi connectivity index (χ1) is 7.02. The topological polar surface area (TPSA) is 47.3 Å². The van der Waals surface area contributed by atoms with Crippen LogP contribution in [0.1, 0.15) is 40.0 Å². The highest BCUT2D eigenvalue weighted by Gasteiger charge is 2.27. The second kappa shape index (κ2) is 5.83. The number of rotatable bonds is 5. The van der Waals surface area contributed by atoms with E-state index < -0.39 is 0 Å². The van der Waals surface area contributed by atoms with E-state index in [-0.39, 0.29) is 11.6 Å². The summed E-state index contributed by atoms with van der Waals surface area (Å²) >= 11 is 0. The van der Waals surface area contributed by atoms with Gasteiger partial charge in [0, 0.05) is 24.7 Å². The molecule has 1 fully saturated rings. The molecule has 0 spiro atoms. The van der Waals surface area contributed by atoms with E-state index in [0.717, 1.165) is 32.6 Å². The molecule has 2 atom stereocenters. The zero-order chi connectivity index (χ0) is 11.3. The van der Waals surface area contributed by atoms with Crippen LogP contribution >= 0.6 is 0 Å². The molecule has 1 aliphatic heterocycles.